The molecule has 1 unspecified atom stereocenters. The first kappa shape index (κ1) is 10.5. The van der Waals surface area contributed by atoms with Crippen molar-refractivity contribution in [3.63, 3.8) is 0 Å². The van der Waals surface area contributed by atoms with Crippen LogP contribution in [-0.4, -0.2) is 31.6 Å². The van der Waals surface area contributed by atoms with Crippen molar-refractivity contribution in [1.29, 1.82) is 0 Å². The molecule has 0 aliphatic carbocycles. The number of hydrogen-bond acceptors (Lipinski definition) is 4. The molecular weight excluding hydrogens is 172 g/mol. The molecule has 75 valence electrons. The second kappa shape index (κ2) is 4.58. The fraction of sp³-hybridized carbons (Fsp3) is 0.889. The van der Waals surface area contributed by atoms with Crippen LogP contribution in [0.5, 0.6) is 0 Å². The van der Waals surface area contributed by atoms with E-state index >= 15 is 0 Å². The summed E-state index contributed by atoms with van der Waals surface area (Å²) in [6.07, 6.45) is 1.48. The van der Waals surface area contributed by atoms with Crippen molar-refractivity contribution in [2.75, 3.05) is 13.2 Å². The second-order valence-corrected chi connectivity index (χ2v) is 3.06. The lowest BCUT2D eigenvalue weighted by Crippen LogP contribution is -2.29. The summed E-state index contributed by atoms with van der Waals surface area (Å²) >= 11 is 0. The largest absolute Gasteiger partial charge is 0.454 e. The van der Waals surface area contributed by atoms with Crippen molar-refractivity contribution in [1.82, 2.24) is 0 Å². The lowest BCUT2D eigenvalue weighted by Gasteiger charge is -2.24. The molecule has 13 heavy (non-hydrogen) atoms. The van der Waals surface area contributed by atoms with Gasteiger partial charge in [0, 0.05) is 0 Å². The molecule has 0 bridgehead atoms. The van der Waals surface area contributed by atoms with Gasteiger partial charge in [-0.15, -0.1) is 0 Å². The standard InChI is InChI=1S/C9H15O4/c1-3-9(4-2)12-6-8(13-9)5-11-7-10/h8H,3-6H2,1-2H3. The Morgan fingerprint density at radius 2 is 2.23 bits per heavy atom. The fourth-order valence-corrected chi connectivity index (χ4v) is 1.45. The van der Waals surface area contributed by atoms with Crippen LogP contribution in [0.15, 0.2) is 0 Å². The number of hydrogen-bond donors (Lipinski definition) is 0. The van der Waals surface area contributed by atoms with Gasteiger partial charge in [0.05, 0.1) is 6.61 Å². The topological polar surface area (TPSA) is 44.8 Å². The second-order valence-electron chi connectivity index (χ2n) is 3.06. The lowest BCUT2D eigenvalue weighted by atomic mass is 10.1. The molecule has 4 nitrogen and oxygen atoms in total. The summed E-state index contributed by atoms with van der Waals surface area (Å²) in [6, 6.07) is 0. The molecule has 1 fully saturated rings. The molecule has 1 aliphatic rings. The van der Waals surface area contributed by atoms with E-state index in [1.165, 1.54) is 6.47 Å². The van der Waals surface area contributed by atoms with E-state index in [4.69, 9.17) is 9.47 Å². The summed E-state index contributed by atoms with van der Waals surface area (Å²) in [5.41, 5.74) is 0. The Morgan fingerprint density at radius 3 is 2.69 bits per heavy atom. The molecule has 1 atom stereocenters. The minimum atomic E-state index is -0.461. The highest BCUT2D eigenvalue weighted by molar-refractivity contribution is 5.38. The summed E-state index contributed by atoms with van der Waals surface area (Å²) in [7, 11) is 0. The van der Waals surface area contributed by atoms with Crippen LogP contribution in [0.4, 0.5) is 0 Å². The van der Waals surface area contributed by atoms with Crippen LogP contribution < -0.4 is 0 Å². The summed E-state index contributed by atoms with van der Waals surface area (Å²) < 4.78 is 15.6. The molecule has 0 spiro atoms. The zero-order chi connectivity index (χ0) is 9.73. The molecule has 0 amide bonds. The lowest BCUT2D eigenvalue weighted by molar-refractivity contribution is -0.174. The van der Waals surface area contributed by atoms with Gasteiger partial charge in [0.25, 0.3) is 0 Å². The normalized spacial score (nSPS) is 25.8. The quantitative estimate of drug-likeness (QED) is 0.644. The maximum Gasteiger partial charge on any atom is 0.417 e. The summed E-state index contributed by atoms with van der Waals surface area (Å²) in [4.78, 5) is 9.82. The predicted octanol–water partition coefficient (Wildman–Crippen LogP) is 1.00. The van der Waals surface area contributed by atoms with Gasteiger partial charge in [-0.3, -0.25) is 0 Å². The van der Waals surface area contributed by atoms with E-state index in [-0.39, 0.29) is 12.7 Å². The molecule has 1 radical (unpaired) electrons. The van der Waals surface area contributed by atoms with Gasteiger partial charge in [0.2, 0.25) is 0 Å². The average molecular weight is 187 g/mol. The Hall–Kier alpha value is -0.610. The minimum absolute atomic E-state index is 0.138. The van der Waals surface area contributed by atoms with Gasteiger partial charge in [-0.25, -0.2) is 4.79 Å². The number of rotatable bonds is 5. The highest BCUT2D eigenvalue weighted by Gasteiger charge is 2.38. The minimum Gasteiger partial charge on any atom is -0.454 e. The average Bonchev–Trinajstić information content (AvgIpc) is 2.59. The van der Waals surface area contributed by atoms with Crippen molar-refractivity contribution in [3.05, 3.63) is 0 Å². The molecule has 0 aromatic heterocycles. The van der Waals surface area contributed by atoms with Gasteiger partial charge in [-0.2, -0.15) is 0 Å². The van der Waals surface area contributed by atoms with Crippen LogP contribution in [-0.2, 0) is 19.0 Å². The number of ether oxygens (including phenoxy) is 3. The highest BCUT2D eigenvalue weighted by Crippen LogP contribution is 2.29. The van der Waals surface area contributed by atoms with Crippen LogP contribution in [0, 0.1) is 0 Å². The van der Waals surface area contributed by atoms with Crippen LogP contribution in [0.2, 0.25) is 0 Å². The zero-order valence-corrected chi connectivity index (χ0v) is 8.04. The third-order valence-corrected chi connectivity index (χ3v) is 2.32. The molecule has 1 rings (SSSR count). The maximum absolute atomic E-state index is 9.82. The first-order chi connectivity index (χ1) is 6.26. The Balaban J connectivity index is 2.37. The van der Waals surface area contributed by atoms with Gasteiger partial charge in [0.1, 0.15) is 12.7 Å². The monoisotopic (exact) mass is 187 g/mol. The molecule has 0 aromatic rings. The van der Waals surface area contributed by atoms with E-state index in [1.807, 2.05) is 13.8 Å². The van der Waals surface area contributed by atoms with Crippen molar-refractivity contribution < 1.29 is 19.0 Å². The summed E-state index contributed by atoms with van der Waals surface area (Å²) in [5.74, 6) is -0.461. The molecule has 1 heterocycles. The Labute approximate surface area is 78.2 Å². The summed E-state index contributed by atoms with van der Waals surface area (Å²) in [6.45, 7) is 6.11. The van der Waals surface area contributed by atoms with Gasteiger partial charge < -0.3 is 14.2 Å². The van der Waals surface area contributed by atoms with E-state index in [0.29, 0.717) is 6.61 Å². The van der Waals surface area contributed by atoms with Gasteiger partial charge in [-0.1, -0.05) is 13.8 Å². The maximum atomic E-state index is 9.82. The molecule has 0 saturated carbocycles. The predicted molar refractivity (Wildman–Crippen MR) is 45.8 cm³/mol. The van der Waals surface area contributed by atoms with Gasteiger partial charge >= 0.3 is 6.47 Å². The van der Waals surface area contributed by atoms with E-state index in [0.717, 1.165) is 12.8 Å². The first-order valence-corrected chi connectivity index (χ1v) is 4.57. The Bertz CT molecular complexity index is 165. The zero-order valence-electron chi connectivity index (χ0n) is 8.04. The molecule has 1 aliphatic heterocycles. The van der Waals surface area contributed by atoms with E-state index in [9.17, 15) is 4.79 Å². The highest BCUT2D eigenvalue weighted by atomic mass is 16.8. The third-order valence-electron chi connectivity index (χ3n) is 2.32. The van der Waals surface area contributed by atoms with Crippen LogP contribution in [0.25, 0.3) is 0 Å². The van der Waals surface area contributed by atoms with Crippen LogP contribution in [0.3, 0.4) is 0 Å². The van der Waals surface area contributed by atoms with E-state index < -0.39 is 5.79 Å². The van der Waals surface area contributed by atoms with Gasteiger partial charge in [-0.05, 0) is 12.8 Å². The SMILES string of the molecule is CCC1(CC)OCC(CO[C]=O)O1. The fourth-order valence-electron chi connectivity index (χ4n) is 1.45. The smallest absolute Gasteiger partial charge is 0.417 e. The molecule has 1 saturated heterocycles. The molecular formula is C9H15O4. The van der Waals surface area contributed by atoms with Crippen molar-refractivity contribution in [3.8, 4) is 0 Å². The summed E-state index contributed by atoms with van der Waals surface area (Å²) in [5, 5.41) is 0. The van der Waals surface area contributed by atoms with E-state index in [2.05, 4.69) is 4.74 Å². The third kappa shape index (κ3) is 2.42. The molecule has 0 aromatic carbocycles. The number of carbonyl (C=O) groups excluding carboxylic acids is 1. The van der Waals surface area contributed by atoms with Crippen molar-refractivity contribution in [2.45, 2.75) is 38.6 Å². The van der Waals surface area contributed by atoms with Crippen LogP contribution >= 0.6 is 0 Å². The van der Waals surface area contributed by atoms with Crippen molar-refractivity contribution >= 4 is 6.47 Å². The van der Waals surface area contributed by atoms with Crippen LogP contribution in [0.1, 0.15) is 26.7 Å². The van der Waals surface area contributed by atoms with Crippen molar-refractivity contribution in [2.24, 2.45) is 0 Å². The first-order valence-electron chi connectivity index (χ1n) is 4.57. The van der Waals surface area contributed by atoms with Gasteiger partial charge in [0.15, 0.2) is 5.79 Å². The Kier molecular flexibility index (Phi) is 3.69. The van der Waals surface area contributed by atoms with E-state index in [1.54, 1.807) is 0 Å². The molecule has 4 heteroatoms. The molecule has 0 N–H and O–H groups in total. The Morgan fingerprint density at radius 1 is 1.54 bits per heavy atom.